The summed E-state index contributed by atoms with van der Waals surface area (Å²) in [5.74, 6) is 0. The molecule has 0 fully saturated rings. The highest BCUT2D eigenvalue weighted by atomic mass is 79.9. The molecule has 2 aromatic rings. The fourth-order valence-electron chi connectivity index (χ4n) is 1.26. The number of hydrogen-bond donors (Lipinski definition) is 1. The highest BCUT2D eigenvalue weighted by Crippen LogP contribution is 2.22. The van der Waals surface area contributed by atoms with Crippen molar-refractivity contribution >= 4 is 27.3 Å². The van der Waals surface area contributed by atoms with Crippen molar-refractivity contribution in [3.63, 3.8) is 0 Å². The molecular formula is C11H11BrN2S. The summed E-state index contributed by atoms with van der Waals surface area (Å²) in [6.07, 6.45) is 1.82. The maximum absolute atomic E-state index is 4.25. The average molecular weight is 283 g/mol. The molecule has 0 saturated carbocycles. The molecule has 2 aromatic heterocycles. The normalized spacial score (nSPS) is 10.5. The van der Waals surface area contributed by atoms with E-state index in [1.54, 1.807) is 11.3 Å². The van der Waals surface area contributed by atoms with E-state index in [2.05, 4.69) is 37.7 Å². The topological polar surface area (TPSA) is 24.9 Å². The molecule has 0 radical (unpaired) electrons. The fraction of sp³-hybridized carbons (Fsp3) is 0.182. The minimum Gasteiger partial charge on any atom is -0.306 e. The number of nitrogens with one attached hydrogen (secondary N) is 1. The highest BCUT2D eigenvalue weighted by molar-refractivity contribution is 9.10. The van der Waals surface area contributed by atoms with Gasteiger partial charge in [-0.25, -0.2) is 0 Å². The van der Waals surface area contributed by atoms with Gasteiger partial charge in [-0.2, -0.15) is 0 Å². The van der Waals surface area contributed by atoms with Crippen LogP contribution in [-0.4, -0.2) is 4.98 Å². The summed E-state index contributed by atoms with van der Waals surface area (Å²) < 4.78 is 1.18. The molecule has 2 nitrogen and oxygen atoms in total. The van der Waals surface area contributed by atoms with Crippen LogP contribution in [0, 0.1) is 0 Å². The van der Waals surface area contributed by atoms with Gasteiger partial charge in [0.15, 0.2) is 0 Å². The lowest BCUT2D eigenvalue weighted by atomic mass is 10.3. The second-order valence-corrected chi connectivity index (χ2v) is 4.97. The number of halogens is 1. The van der Waals surface area contributed by atoms with Crippen molar-refractivity contribution < 1.29 is 0 Å². The van der Waals surface area contributed by atoms with Crippen LogP contribution in [-0.2, 0) is 13.1 Å². The quantitative estimate of drug-likeness (QED) is 0.932. The molecule has 0 bridgehead atoms. The molecular weight excluding hydrogens is 272 g/mol. The lowest BCUT2D eigenvalue weighted by Gasteiger charge is -2.02. The largest absolute Gasteiger partial charge is 0.306 e. The first-order chi connectivity index (χ1) is 7.36. The van der Waals surface area contributed by atoms with E-state index in [1.807, 2.05) is 24.4 Å². The summed E-state index contributed by atoms with van der Waals surface area (Å²) in [5.41, 5.74) is 1.07. The maximum atomic E-state index is 4.25. The van der Waals surface area contributed by atoms with E-state index in [9.17, 15) is 0 Å². The molecule has 0 aliphatic rings. The van der Waals surface area contributed by atoms with Gasteiger partial charge in [0, 0.05) is 28.6 Å². The summed E-state index contributed by atoms with van der Waals surface area (Å²) in [7, 11) is 0. The van der Waals surface area contributed by atoms with E-state index in [1.165, 1.54) is 9.35 Å². The number of nitrogens with zero attached hydrogens (tertiary/aromatic N) is 1. The number of hydrogen-bond acceptors (Lipinski definition) is 3. The Balaban J connectivity index is 1.83. The second-order valence-electron chi connectivity index (χ2n) is 3.12. The molecule has 0 unspecified atom stereocenters. The van der Waals surface area contributed by atoms with Crippen LogP contribution in [0.4, 0.5) is 0 Å². The molecule has 0 atom stereocenters. The van der Waals surface area contributed by atoms with Crippen LogP contribution in [0.25, 0.3) is 0 Å². The summed E-state index contributed by atoms with van der Waals surface area (Å²) in [4.78, 5) is 5.57. The van der Waals surface area contributed by atoms with Crippen molar-refractivity contribution in [2.24, 2.45) is 0 Å². The third-order valence-corrected chi connectivity index (χ3v) is 3.94. The number of rotatable bonds is 4. The van der Waals surface area contributed by atoms with Crippen LogP contribution in [0.2, 0.25) is 0 Å². The Labute approximate surface area is 101 Å². The zero-order chi connectivity index (χ0) is 10.5. The highest BCUT2D eigenvalue weighted by Gasteiger charge is 2.00. The Hall–Kier alpha value is -0.710. The van der Waals surface area contributed by atoms with Crippen molar-refractivity contribution in [2.45, 2.75) is 13.1 Å². The van der Waals surface area contributed by atoms with Gasteiger partial charge >= 0.3 is 0 Å². The van der Waals surface area contributed by atoms with Gasteiger partial charge < -0.3 is 5.32 Å². The van der Waals surface area contributed by atoms with Crippen LogP contribution in [0.1, 0.15) is 10.6 Å². The maximum Gasteiger partial charge on any atom is 0.0541 e. The molecule has 15 heavy (non-hydrogen) atoms. The Morgan fingerprint density at radius 2 is 2.20 bits per heavy atom. The lowest BCUT2D eigenvalue weighted by Crippen LogP contribution is -2.12. The molecule has 0 amide bonds. The fourth-order valence-corrected chi connectivity index (χ4v) is 2.72. The van der Waals surface area contributed by atoms with Gasteiger partial charge in [-0.3, -0.25) is 4.98 Å². The van der Waals surface area contributed by atoms with E-state index in [-0.39, 0.29) is 0 Å². The molecule has 1 N–H and O–H groups in total. The minimum atomic E-state index is 0.811. The summed E-state index contributed by atoms with van der Waals surface area (Å²) in [5, 5.41) is 5.45. The Kier molecular flexibility index (Phi) is 3.88. The third-order valence-electron chi connectivity index (χ3n) is 2.01. The number of pyridine rings is 1. The van der Waals surface area contributed by atoms with Gasteiger partial charge in [-0.1, -0.05) is 6.07 Å². The number of aromatic nitrogens is 1. The molecule has 2 heterocycles. The smallest absolute Gasteiger partial charge is 0.0541 e. The number of thiophene rings is 1. The molecule has 0 spiro atoms. The van der Waals surface area contributed by atoms with Gasteiger partial charge in [0.05, 0.1) is 5.69 Å². The van der Waals surface area contributed by atoms with Crippen molar-refractivity contribution in [2.75, 3.05) is 0 Å². The minimum absolute atomic E-state index is 0.811. The monoisotopic (exact) mass is 282 g/mol. The Bertz CT molecular complexity index is 414. The van der Waals surface area contributed by atoms with Crippen molar-refractivity contribution in [1.29, 1.82) is 0 Å². The first kappa shape index (κ1) is 10.8. The van der Waals surface area contributed by atoms with Crippen molar-refractivity contribution in [1.82, 2.24) is 10.3 Å². The summed E-state index contributed by atoms with van der Waals surface area (Å²) in [6, 6.07) is 8.03. The van der Waals surface area contributed by atoms with Crippen LogP contribution in [0.15, 0.2) is 40.3 Å². The molecule has 78 valence electrons. The molecule has 2 rings (SSSR count). The standard InChI is InChI=1S/C11H11BrN2S/c12-10-4-6-15-11(10)8-13-7-9-3-1-2-5-14-9/h1-6,13H,7-8H2. The molecule has 0 saturated heterocycles. The third kappa shape index (κ3) is 3.12. The van der Waals surface area contributed by atoms with E-state index < -0.39 is 0 Å². The summed E-state index contributed by atoms with van der Waals surface area (Å²) in [6.45, 7) is 1.69. The van der Waals surface area contributed by atoms with Crippen LogP contribution in [0.5, 0.6) is 0 Å². The zero-order valence-electron chi connectivity index (χ0n) is 8.11. The van der Waals surface area contributed by atoms with Gasteiger partial charge in [0.1, 0.15) is 0 Å². The van der Waals surface area contributed by atoms with Gasteiger partial charge in [0.25, 0.3) is 0 Å². The van der Waals surface area contributed by atoms with E-state index in [4.69, 9.17) is 0 Å². The SMILES string of the molecule is Brc1ccsc1CNCc1ccccn1. The lowest BCUT2D eigenvalue weighted by molar-refractivity contribution is 0.685. The zero-order valence-corrected chi connectivity index (χ0v) is 10.5. The van der Waals surface area contributed by atoms with Crippen LogP contribution >= 0.6 is 27.3 Å². The van der Waals surface area contributed by atoms with Gasteiger partial charge in [-0.15, -0.1) is 11.3 Å². The predicted octanol–water partition coefficient (Wildman–Crippen LogP) is 3.20. The van der Waals surface area contributed by atoms with Crippen molar-refractivity contribution in [3.8, 4) is 0 Å². The van der Waals surface area contributed by atoms with Crippen molar-refractivity contribution in [3.05, 3.63) is 50.9 Å². The molecule has 4 heteroatoms. The van der Waals surface area contributed by atoms with Gasteiger partial charge in [-0.05, 0) is 39.5 Å². The van der Waals surface area contributed by atoms with Crippen LogP contribution < -0.4 is 5.32 Å². The Morgan fingerprint density at radius 1 is 1.27 bits per heavy atom. The molecule has 0 aromatic carbocycles. The van der Waals surface area contributed by atoms with E-state index in [0.29, 0.717) is 0 Å². The first-order valence-corrected chi connectivity index (χ1v) is 6.36. The summed E-state index contributed by atoms with van der Waals surface area (Å²) >= 11 is 5.26. The van der Waals surface area contributed by atoms with Crippen LogP contribution in [0.3, 0.4) is 0 Å². The van der Waals surface area contributed by atoms with Gasteiger partial charge in [0.2, 0.25) is 0 Å². The van der Waals surface area contributed by atoms with E-state index in [0.717, 1.165) is 18.8 Å². The Morgan fingerprint density at radius 3 is 2.87 bits per heavy atom. The molecule has 0 aliphatic heterocycles. The average Bonchev–Trinajstić information content (AvgIpc) is 2.66. The predicted molar refractivity (Wildman–Crippen MR) is 66.8 cm³/mol. The first-order valence-electron chi connectivity index (χ1n) is 4.69. The van der Waals surface area contributed by atoms with E-state index >= 15 is 0 Å². The molecule has 0 aliphatic carbocycles. The second kappa shape index (κ2) is 5.39.